The maximum atomic E-state index is 5.96. The van der Waals surface area contributed by atoms with Crippen LogP contribution in [0.25, 0.3) is 5.69 Å². The second-order valence-corrected chi connectivity index (χ2v) is 3.74. The van der Waals surface area contributed by atoms with Gasteiger partial charge in [0.2, 0.25) is 0 Å². The number of para-hydroxylation sites is 1. The molecular weight excluding hydrogens is 212 g/mol. The van der Waals surface area contributed by atoms with Crippen LogP contribution in [0.4, 0.5) is 0 Å². The number of benzene rings is 1. The van der Waals surface area contributed by atoms with Gasteiger partial charge in [-0.05, 0) is 18.6 Å². The summed E-state index contributed by atoms with van der Waals surface area (Å²) >= 11 is 0. The second kappa shape index (κ2) is 5.28. The first-order valence-corrected chi connectivity index (χ1v) is 5.48. The van der Waals surface area contributed by atoms with Gasteiger partial charge in [-0.1, -0.05) is 18.2 Å². The molecule has 0 aliphatic rings. The Bertz CT molecular complexity index is 510. The first-order chi connectivity index (χ1) is 8.31. The molecule has 86 valence electrons. The zero-order valence-corrected chi connectivity index (χ0v) is 9.45. The highest BCUT2D eigenvalue weighted by Gasteiger charge is 2.10. The van der Waals surface area contributed by atoms with Crippen molar-refractivity contribution in [1.82, 2.24) is 15.0 Å². The van der Waals surface area contributed by atoms with E-state index in [-0.39, 0.29) is 6.04 Å². The molecule has 4 heteroatoms. The van der Waals surface area contributed by atoms with Crippen LogP contribution in [0.3, 0.4) is 0 Å². The summed E-state index contributed by atoms with van der Waals surface area (Å²) in [6.45, 7) is 0. The van der Waals surface area contributed by atoms with Gasteiger partial charge < -0.3 is 5.73 Å². The summed E-state index contributed by atoms with van der Waals surface area (Å²) in [7, 11) is 0. The summed E-state index contributed by atoms with van der Waals surface area (Å²) in [5.74, 6) is 2.57. The summed E-state index contributed by atoms with van der Waals surface area (Å²) in [6, 6.07) is 9.57. The Morgan fingerprint density at radius 1 is 1.35 bits per heavy atom. The average Bonchev–Trinajstić information content (AvgIpc) is 2.86. The van der Waals surface area contributed by atoms with E-state index in [1.54, 1.807) is 11.0 Å². The predicted octanol–water partition coefficient (Wildman–Crippen LogP) is 1.68. The minimum Gasteiger partial charge on any atom is -0.323 e. The molecule has 1 atom stereocenters. The number of hydrogen-bond acceptors (Lipinski definition) is 3. The highest BCUT2D eigenvalue weighted by atomic mass is 15.5. The van der Waals surface area contributed by atoms with Gasteiger partial charge in [0.15, 0.2) is 0 Å². The number of aromatic nitrogens is 3. The van der Waals surface area contributed by atoms with E-state index in [9.17, 15) is 0 Å². The zero-order valence-electron chi connectivity index (χ0n) is 9.45. The molecule has 0 aliphatic heterocycles. The van der Waals surface area contributed by atoms with Gasteiger partial charge in [0.05, 0.1) is 23.6 Å². The molecule has 0 fully saturated rings. The zero-order chi connectivity index (χ0) is 12.1. The lowest BCUT2D eigenvalue weighted by molar-refractivity contribution is 0.631. The molecule has 0 aliphatic carbocycles. The molecule has 0 saturated carbocycles. The lowest BCUT2D eigenvalue weighted by Crippen LogP contribution is -2.11. The summed E-state index contributed by atoms with van der Waals surface area (Å²) in [5.41, 5.74) is 7.65. The van der Waals surface area contributed by atoms with Gasteiger partial charge in [-0.25, -0.2) is 0 Å². The van der Waals surface area contributed by atoms with E-state index in [1.807, 2.05) is 30.3 Å². The topological polar surface area (TPSA) is 56.7 Å². The van der Waals surface area contributed by atoms with Crippen molar-refractivity contribution in [3.63, 3.8) is 0 Å². The first-order valence-electron chi connectivity index (χ1n) is 5.48. The molecule has 0 amide bonds. The molecule has 2 aromatic rings. The normalized spacial score (nSPS) is 12.0. The van der Waals surface area contributed by atoms with Crippen LogP contribution < -0.4 is 5.73 Å². The van der Waals surface area contributed by atoms with Gasteiger partial charge in [-0.15, -0.1) is 12.3 Å². The standard InChI is InChI=1S/C13H14N4/c1-2-3-9-12(14)13-10-15-17(16-13)11-7-5-4-6-8-11/h1,4-8,10,12H,3,9,14H2. The molecule has 1 aromatic carbocycles. The van der Waals surface area contributed by atoms with Crippen molar-refractivity contribution in [1.29, 1.82) is 0 Å². The fraction of sp³-hybridized carbons (Fsp3) is 0.231. The summed E-state index contributed by atoms with van der Waals surface area (Å²) in [6.07, 6.45) is 8.27. The van der Waals surface area contributed by atoms with Gasteiger partial charge in [0.1, 0.15) is 0 Å². The third kappa shape index (κ3) is 2.71. The van der Waals surface area contributed by atoms with Crippen LogP contribution in [0.15, 0.2) is 36.5 Å². The lowest BCUT2D eigenvalue weighted by Gasteiger charge is -2.04. The molecule has 2 rings (SSSR count). The number of nitrogens with two attached hydrogens (primary N) is 1. The average molecular weight is 226 g/mol. The predicted molar refractivity (Wildman–Crippen MR) is 66.4 cm³/mol. The summed E-state index contributed by atoms with van der Waals surface area (Å²) in [4.78, 5) is 1.57. The lowest BCUT2D eigenvalue weighted by atomic mass is 10.1. The SMILES string of the molecule is C#CCCC(N)c1cnn(-c2ccccc2)n1. The van der Waals surface area contributed by atoms with Gasteiger partial charge in [0, 0.05) is 6.42 Å². The van der Waals surface area contributed by atoms with Crippen LogP contribution in [0.2, 0.25) is 0 Å². The van der Waals surface area contributed by atoms with E-state index in [2.05, 4.69) is 16.1 Å². The fourth-order valence-corrected chi connectivity index (χ4v) is 1.52. The van der Waals surface area contributed by atoms with Gasteiger partial charge >= 0.3 is 0 Å². The molecular formula is C13H14N4. The van der Waals surface area contributed by atoms with Crippen LogP contribution in [-0.2, 0) is 0 Å². The Morgan fingerprint density at radius 2 is 2.12 bits per heavy atom. The minimum atomic E-state index is -0.150. The van der Waals surface area contributed by atoms with Crippen molar-refractivity contribution < 1.29 is 0 Å². The molecule has 0 bridgehead atoms. The van der Waals surface area contributed by atoms with E-state index < -0.39 is 0 Å². The first kappa shape index (κ1) is 11.4. The number of rotatable bonds is 4. The molecule has 1 heterocycles. The van der Waals surface area contributed by atoms with Crippen LogP contribution >= 0.6 is 0 Å². The van der Waals surface area contributed by atoms with Crippen molar-refractivity contribution in [3.05, 3.63) is 42.2 Å². The van der Waals surface area contributed by atoms with Crippen LogP contribution in [-0.4, -0.2) is 15.0 Å². The highest BCUT2D eigenvalue weighted by molar-refractivity contribution is 5.28. The van der Waals surface area contributed by atoms with Crippen LogP contribution in [0.5, 0.6) is 0 Å². The molecule has 17 heavy (non-hydrogen) atoms. The van der Waals surface area contributed by atoms with E-state index in [0.717, 1.165) is 17.8 Å². The number of nitrogens with zero attached hydrogens (tertiary/aromatic N) is 3. The molecule has 2 N–H and O–H groups in total. The maximum absolute atomic E-state index is 5.96. The summed E-state index contributed by atoms with van der Waals surface area (Å²) < 4.78 is 0. The maximum Gasteiger partial charge on any atom is 0.0999 e. The Labute approximate surface area is 100 Å². The van der Waals surface area contributed by atoms with Crippen LogP contribution in [0.1, 0.15) is 24.6 Å². The van der Waals surface area contributed by atoms with Gasteiger partial charge in [-0.3, -0.25) is 0 Å². The third-order valence-corrected chi connectivity index (χ3v) is 2.48. The largest absolute Gasteiger partial charge is 0.323 e. The molecule has 1 aromatic heterocycles. The number of terminal acetylenes is 1. The Kier molecular flexibility index (Phi) is 3.53. The van der Waals surface area contributed by atoms with Crippen molar-refractivity contribution in [3.8, 4) is 18.0 Å². The minimum absolute atomic E-state index is 0.150. The second-order valence-electron chi connectivity index (χ2n) is 3.74. The third-order valence-electron chi connectivity index (χ3n) is 2.48. The molecule has 1 unspecified atom stereocenters. The van der Waals surface area contributed by atoms with E-state index in [1.165, 1.54) is 0 Å². The Hall–Kier alpha value is -2.12. The summed E-state index contributed by atoms with van der Waals surface area (Å²) in [5, 5.41) is 8.53. The fourth-order valence-electron chi connectivity index (χ4n) is 1.52. The molecule has 0 spiro atoms. The van der Waals surface area contributed by atoms with E-state index in [4.69, 9.17) is 12.2 Å². The molecule has 4 nitrogen and oxygen atoms in total. The molecule has 0 saturated heterocycles. The van der Waals surface area contributed by atoms with Crippen molar-refractivity contribution >= 4 is 0 Å². The Morgan fingerprint density at radius 3 is 2.82 bits per heavy atom. The Balaban J connectivity index is 2.14. The van der Waals surface area contributed by atoms with Crippen molar-refractivity contribution in [2.45, 2.75) is 18.9 Å². The van der Waals surface area contributed by atoms with Gasteiger partial charge in [-0.2, -0.15) is 15.0 Å². The van der Waals surface area contributed by atoms with Crippen molar-refractivity contribution in [2.24, 2.45) is 5.73 Å². The van der Waals surface area contributed by atoms with E-state index >= 15 is 0 Å². The number of hydrogen-bond donors (Lipinski definition) is 1. The van der Waals surface area contributed by atoms with Crippen molar-refractivity contribution in [2.75, 3.05) is 0 Å². The van der Waals surface area contributed by atoms with Gasteiger partial charge in [0.25, 0.3) is 0 Å². The monoisotopic (exact) mass is 226 g/mol. The highest BCUT2D eigenvalue weighted by Crippen LogP contribution is 2.13. The van der Waals surface area contributed by atoms with E-state index in [0.29, 0.717) is 6.42 Å². The molecule has 0 radical (unpaired) electrons. The quantitative estimate of drug-likeness (QED) is 0.807. The van der Waals surface area contributed by atoms with Crippen LogP contribution in [0, 0.1) is 12.3 Å². The smallest absolute Gasteiger partial charge is 0.0999 e.